The number of ether oxygens (including phenoxy) is 3. The van der Waals surface area contributed by atoms with E-state index in [0.717, 1.165) is 29.3 Å². The number of aromatic nitrogens is 2. The van der Waals surface area contributed by atoms with Gasteiger partial charge >= 0.3 is 0 Å². The van der Waals surface area contributed by atoms with E-state index in [1.54, 1.807) is 31.8 Å². The molecule has 32 heavy (non-hydrogen) atoms. The molecule has 1 fully saturated rings. The third kappa shape index (κ3) is 4.19. The third-order valence-electron chi connectivity index (χ3n) is 5.73. The zero-order chi connectivity index (χ0) is 21.9. The highest BCUT2D eigenvalue weighted by molar-refractivity contribution is 6.05. The van der Waals surface area contributed by atoms with Crippen LogP contribution in [0, 0.1) is 5.92 Å². The van der Waals surface area contributed by atoms with Crippen molar-refractivity contribution in [2.75, 3.05) is 13.7 Å². The quantitative estimate of drug-likeness (QED) is 0.662. The molecule has 1 amide bonds. The molecule has 1 aliphatic heterocycles. The molecule has 0 atom stereocenters. The van der Waals surface area contributed by atoms with Gasteiger partial charge in [0.2, 0.25) is 0 Å². The summed E-state index contributed by atoms with van der Waals surface area (Å²) in [5.74, 6) is 2.24. The number of amides is 1. The number of carbonyl (C=O) groups excluding carboxylic acids is 1. The van der Waals surface area contributed by atoms with Crippen LogP contribution in [0.1, 0.15) is 41.7 Å². The van der Waals surface area contributed by atoms with E-state index >= 15 is 0 Å². The van der Waals surface area contributed by atoms with Crippen molar-refractivity contribution in [2.45, 2.75) is 25.7 Å². The van der Waals surface area contributed by atoms with E-state index in [2.05, 4.69) is 21.6 Å². The van der Waals surface area contributed by atoms with E-state index in [4.69, 9.17) is 14.2 Å². The van der Waals surface area contributed by atoms with Crippen LogP contribution in [-0.4, -0.2) is 29.8 Å². The van der Waals surface area contributed by atoms with Crippen molar-refractivity contribution in [3.8, 4) is 5.75 Å². The minimum absolute atomic E-state index is 0.136. The lowest BCUT2D eigenvalue weighted by Crippen LogP contribution is -2.26. The van der Waals surface area contributed by atoms with Crippen LogP contribution in [0.15, 0.2) is 66.1 Å². The van der Waals surface area contributed by atoms with E-state index in [1.165, 1.54) is 12.8 Å². The maximum atomic E-state index is 12.7. The molecular weight excluding hydrogens is 406 g/mol. The lowest BCUT2D eigenvalue weighted by molar-refractivity contribution is 0.0949. The van der Waals surface area contributed by atoms with Crippen LogP contribution in [0.3, 0.4) is 0 Å². The maximum absolute atomic E-state index is 12.7. The molecule has 0 saturated heterocycles. The van der Waals surface area contributed by atoms with Gasteiger partial charge in [-0.25, -0.2) is 0 Å². The van der Waals surface area contributed by atoms with E-state index < -0.39 is 0 Å². The summed E-state index contributed by atoms with van der Waals surface area (Å²) in [5, 5.41) is 11.1. The van der Waals surface area contributed by atoms with Gasteiger partial charge in [-0.2, -0.15) is 5.10 Å². The fraction of sp³-hybridized carbons (Fsp3) is 0.280. The second kappa shape index (κ2) is 8.78. The summed E-state index contributed by atoms with van der Waals surface area (Å²) in [7, 11) is 1.57. The minimum atomic E-state index is -0.136. The summed E-state index contributed by atoms with van der Waals surface area (Å²) in [6, 6.07) is 3.57. The lowest BCUT2D eigenvalue weighted by Gasteiger charge is -2.17. The molecule has 7 nitrogen and oxygen atoms in total. The van der Waals surface area contributed by atoms with E-state index in [0.29, 0.717) is 41.0 Å². The van der Waals surface area contributed by atoms with Crippen molar-refractivity contribution in [3.05, 3.63) is 77.3 Å². The van der Waals surface area contributed by atoms with Crippen molar-refractivity contribution in [2.24, 2.45) is 5.92 Å². The van der Waals surface area contributed by atoms with Crippen molar-refractivity contribution in [1.29, 1.82) is 0 Å². The second-order valence-electron chi connectivity index (χ2n) is 8.06. The summed E-state index contributed by atoms with van der Waals surface area (Å²) in [5.41, 5.74) is 3.03. The van der Waals surface area contributed by atoms with Gasteiger partial charge in [-0.1, -0.05) is 18.2 Å². The zero-order valence-electron chi connectivity index (χ0n) is 17.9. The Morgan fingerprint density at radius 1 is 1.31 bits per heavy atom. The van der Waals surface area contributed by atoms with Gasteiger partial charge in [-0.3, -0.25) is 9.89 Å². The Balaban J connectivity index is 1.38. The van der Waals surface area contributed by atoms with Crippen molar-refractivity contribution in [1.82, 2.24) is 15.5 Å². The average Bonchev–Trinajstić information content (AvgIpc) is 3.59. The predicted octanol–water partition coefficient (Wildman–Crippen LogP) is 4.73. The summed E-state index contributed by atoms with van der Waals surface area (Å²) < 4.78 is 17.1. The predicted molar refractivity (Wildman–Crippen MR) is 122 cm³/mol. The molecule has 0 radical (unpaired) electrons. The molecule has 2 N–H and O–H groups in total. The molecule has 3 aliphatic rings. The van der Waals surface area contributed by atoms with Gasteiger partial charge in [0.05, 0.1) is 29.3 Å². The van der Waals surface area contributed by atoms with Crippen LogP contribution in [0.2, 0.25) is 0 Å². The molecule has 5 rings (SSSR count). The van der Waals surface area contributed by atoms with Crippen molar-refractivity contribution < 1.29 is 19.0 Å². The highest BCUT2D eigenvalue weighted by atomic mass is 16.5. The Kier molecular flexibility index (Phi) is 5.54. The summed E-state index contributed by atoms with van der Waals surface area (Å²) >= 11 is 0. The van der Waals surface area contributed by atoms with E-state index in [1.807, 2.05) is 24.3 Å². The monoisotopic (exact) mass is 431 g/mol. The number of H-pyrrole nitrogens is 1. The normalized spacial score (nSPS) is 18.0. The van der Waals surface area contributed by atoms with Gasteiger partial charge < -0.3 is 19.5 Å². The number of methoxy groups -OCH3 is 1. The fourth-order valence-corrected chi connectivity index (χ4v) is 3.79. The number of rotatable bonds is 7. The Morgan fingerprint density at radius 2 is 2.22 bits per heavy atom. The largest absolute Gasteiger partial charge is 0.495 e. The number of carbonyl (C=O) groups is 1. The van der Waals surface area contributed by atoms with Crippen LogP contribution in [-0.2, 0) is 9.47 Å². The number of aromatic amines is 1. The van der Waals surface area contributed by atoms with Crippen LogP contribution >= 0.6 is 0 Å². The number of hydrogen-bond donors (Lipinski definition) is 2. The highest BCUT2D eigenvalue weighted by Crippen LogP contribution is 2.33. The smallest absolute Gasteiger partial charge is 0.255 e. The second-order valence-corrected chi connectivity index (χ2v) is 8.06. The number of fused-ring (bicyclic) bond motifs is 1. The van der Waals surface area contributed by atoms with Gasteiger partial charge in [-0.05, 0) is 61.5 Å². The number of allylic oxidation sites excluding steroid dienone is 5. The molecule has 0 bridgehead atoms. The Labute approximate surface area is 186 Å². The number of nitrogens with zero attached hydrogens (tertiary/aromatic N) is 1. The molecule has 1 aromatic carbocycles. The zero-order valence-corrected chi connectivity index (χ0v) is 17.9. The summed E-state index contributed by atoms with van der Waals surface area (Å²) in [6.45, 7) is 0.700. The first-order chi connectivity index (χ1) is 15.7. The SMILES string of the molecule is COc1c(C(=O)NCC2CC2)ccc2n[nH]c(C=CC3=COC=C(C4=CC=CCC4)O3)c12. The molecule has 2 aromatic rings. The van der Waals surface area contributed by atoms with E-state index in [-0.39, 0.29) is 5.91 Å². The van der Waals surface area contributed by atoms with Gasteiger partial charge in [0.25, 0.3) is 5.91 Å². The molecular formula is C25H25N3O4. The van der Waals surface area contributed by atoms with Crippen LogP contribution < -0.4 is 10.1 Å². The van der Waals surface area contributed by atoms with Crippen molar-refractivity contribution in [3.63, 3.8) is 0 Å². The average molecular weight is 431 g/mol. The molecule has 7 heteroatoms. The van der Waals surface area contributed by atoms with Gasteiger partial charge in [0, 0.05) is 6.54 Å². The maximum Gasteiger partial charge on any atom is 0.255 e. The summed E-state index contributed by atoms with van der Waals surface area (Å²) in [4.78, 5) is 12.7. The fourth-order valence-electron chi connectivity index (χ4n) is 3.79. The molecule has 1 aromatic heterocycles. The molecule has 1 saturated carbocycles. The number of nitrogens with one attached hydrogen (secondary N) is 2. The molecule has 0 spiro atoms. The molecule has 0 unspecified atom stereocenters. The molecule has 2 aliphatic carbocycles. The molecule has 164 valence electrons. The topological polar surface area (TPSA) is 85.5 Å². The number of benzene rings is 1. The first kappa shape index (κ1) is 20.2. The summed E-state index contributed by atoms with van der Waals surface area (Å²) in [6.07, 6.45) is 17.3. The van der Waals surface area contributed by atoms with Crippen molar-refractivity contribution >= 4 is 22.9 Å². The van der Waals surface area contributed by atoms with Gasteiger partial charge in [0.15, 0.2) is 11.5 Å². The first-order valence-corrected chi connectivity index (χ1v) is 10.8. The Bertz CT molecular complexity index is 1200. The minimum Gasteiger partial charge on any atom is -0.495 e. The third-order valence-corrected chi connectivity index (χ3v) is 5.73. The van der Waals surface area contributed by atoms with Gasteiger partial charge in [-0.15, -0.1) is 0 Å². The first-order valence-electron chi connectivity index (χ1n) is 10.8. The van der Waals surface area contributed by atoms with Crippen LogP contribution in [0.4, 0.5) is 0 Å². The molecule has 2 heterocycles. The number of hydrogen-bond acceptors (Lipinski definition) is 5. The standard InChI is InChI=1S/C25H25N3O4/c1-30-24-19(25(29)26-13-16-7-8-16)10-12-21-23(24)20(27-28-21)11-9-18-14-31-15-22(32-18)17-5-3-2-4-6-17/h2-3,5,9-12,14-16H,4,6-8,13H2,1H3,(H,26,29)(H,27,28). The van der Waals surface area contributed by atoms with Crippen LogP contribution in [0.5, 0.6) is 5.75 Å². The van der Waals surface area contributed by atoms with Crippen LogP contribution in [0.25, 0.3) is 17.0 Å². The Morgan fingerprint density at radius 3 is 3.00 bits per heavy atom. The van der Waals surface area contributed by atoms with E-state index in [9.17, 15) is 4.79 Å². The Hall–Kier alpha value is -3.74. The lowest BCUT2D eigenvalue weighted by atomic mass is 10.0. The van der Waals surface area contributed by atoms with Gasteiger partial charge in [0.1, 0.15) is 18.3 Å². The highest BCUT2D eigenvalue weighted by Gasteiger charge is 2.24.